The maximum atomic E-state index is 11.7. The Hall–Kier alpha value is -0.150. The zero-order valence-electron chi connectivity index (χ0n) is 5.10. The van der Waals surface area contributed by atoms with Crippen LogP contribution in [0.1, 0.15) is 6.92 Å². The summed E-state index contributed by atoms with van der Waals surface area (Å²) in [5.74, 6) is 0. The minimum absolute atomic E-state index is 0.0394. The van der Waals surface area contributed by atoms with Crippen molar-refractivity contribution in [1.29, 1.82) is 0 Å². The third kappa shape index (κ3) is 2.93. The first kappa shape index (κ1) is 7.85. The van der Waals surface area contributed by atoms with Gasteiger partial charge < -0.3 is 5.11 Å². The van der Waals surface area contributed by atoms with Crippen LogP contribution in [0.5, 0.6) is 0 Å². The van der Waals surface area contributed by atoms with Gasteiger partial charge in [-0.15, -0.1) is 0 Å². The zero-order valence-corrected chi connectivity index (χ0v) is 5.10. The molecule has 3 heteroatoms. The molecule has 0 aromatic rings. The topological polar surface area (TPSA) is 23.5 Å². The van der Waals surface area contributed by atoms with Crippen LogP contribution in [0.15, 0.2) is 0 Å². The lowest BCUT2D eigenvalue weighted by molar-refractivity contribution is 0.152. The van der Waals surface area contributed by atoms with E-state index >= 15 is 0 Å². The van der Waals surface area contributed by atoms with Gasteiger partial charge in [-0.2, -0.15) is 0 Å². The van der Waals surface area contributed by atoms with E-state index in [1.807, 2.05) is 6.92 Å². The van der Waals surface area contributed by atoms with Gasteiger partial charge in [-0.1, -0.05) is 6.92 Å². The number of rotatable bonds is 4. The molecule has 0 aliphatic carbocycles. The monoisotopic (exact) mass is 121 g/mol. The standard InChI is InChI=1S/C5H12FNO/c1-2-7(5-6)3-4-8/h8H,2-5H2,1H3. The van der Waals surface area contributed by atoms with Crippen molar-refractivity contribution in [2.75, 3.05) is 26.5 Å². The SMILES string of the molecule is CCN(CF)CCO. The molecule has 0 bridgehead atoms. The lowest BCUT2D eigenvalue weighted by atomic mass is 10.5. The van der Waals surface area contributed by atoms with E-state index in [4.69, 9.17) is 5.11 Å². The third-order valence-electron chi connectivity index (χ3n) is 1.03. The van der Waals surface area contributed by atoms with Crippen molar-refractivity contribution in [3.63, 3.8) is 0 Å². The number of hydrogen-bond acceptors (Lipinski definition) is 2. The van der Waals surface area contributed by atoms with Crippen LogP contribution in [0.4, 0.5) is 4.39 Å². The Morgan fingerprint density at radius 2 is 2.25 bits per heavy atom. The maximum Gasteiger partial charge on any atom is 0.143 e. The highest BCUT2D eigenvalue weighted by molar-refractivity contribution is 4.44. The highest BCUT2D eigenvalue weighted by Crippen LogP contribution is 1.84. The fourth-order valence-electron chi connectivity index (χ4n) is 0.444. The fraction of sp³-hybridized carbons (Fsp3) is 1.00. The van der Waals surface area contributed by atoms with E-state index in [1.165, 1.54) is 4.90 Å². The Morgan fingerprint density at radius 1 is 1.62 bits per heavy atom. The third-order valence-corrected chi connectivity index (χ3v) is 1.03. The summed E-state index contributed by atoms with van der Waals surface area (Å²) < 4.78 is 11.7. The molecule has 0 unspecified atom stereocenters. The van der Waals surface area contributed by atoms with Crippen LogP contribution in [0.2, 0.25) is 0 Å². The summed E-state index contributed by atoms with van der Waals surface area (Å²) in [7, 11) is 0. The zero-order chi connectivity index (χ0) is 6.41. The molecular weight excluding hydrogens is 109 g/mol. The van der Waals surface area contributed by atoms with Crippen molar-refractivity contribution >= 4 is 0 Å². The van der Waals surface area contributed by atoms with Gasteiger partial charge in [0.05, 0.1) is 6.61 Å². The highest BCUT2D eigenvalue weighted by Gasteiger charge is 1.96. The lowest BCUT2D eigenvalue weighted by Gasteiger charge is -2.12. The van der Waals surface area contributed by atoms with Crippen molar-refractivity contribution in [2.45, 2.75) is 6.92 Å². The number of likely N-dealkylation sites (N-methyl/N-ethyl adjacent to an activating group) is 1. The average molecular weight is 121 g/mol. The Morgan fingerprint density at radius 3 is 2.38 bits per heavy atom. The molecular formula is C5H12FNO. The molecule has 0 spiro atoms. The molecule has 0 fully saturated rings. The summed E-state index contributed by atoms with van der Waals surface area (Å²) in [5, 5.41) is 8.29. The molecule has 0 aromatic heterocycles. The van der Waals surface area contributed by atoms with Gasteiger partial charge in [-0.3, -0.25) is 4.90 Å². The maximum absolute atomic E-state index is 11.7. The van der Waals surface area contributed by atoms with E-state index in [1.54, 1.807) is 0 Å². The van der Waals surface area contributed by atoms with Crippen LogP contribution in [0.25, 0.3) is 0 Å². The van der Waals surface area contributed by atoms with Gasteiger partial charge in [0.15, 0.2) is 0 Å². The summed E-state index contributed by atoms with van der Waals surface area (Å²) >= 11 is 0. The Labute approximate surface area is 48.9 Å². The predicted octanol–water partition coefficient (Wildman–Crippen LogP) is 0.228. The van der Waals surface area contributed by atoms with Crippen LogP contribution >= 0.6 is 0 Å². The first-order chi connectivity index (χ1) is 3.85. The first-order valence-electron chi connectivity index (χ1n) is 2.74. The van der Waals surface area contributed by atoms with Gasteiger partial charge in [-0.05, 0) is 6.54 Å². The number of aliphatic hydroxyl groups excluding tert-OH is 1. The molecule has 0 saturated carbocycles. The molecule has 0 aliphatic heterocycles. The number of nitrogens with zero attached hydrogens (tertiary/aromatic N) is 1. The number of alkyl halides is 1. The first-order valence-corrected chi connectivity index (χ1v) is 2.74. The second-order valence-electron chi connectivity index (χ2n) is 1.55. The van der Waals surface area contributed by atoms with Gasteiger partial charge in [-0.25, -0.2) is 4.39 Å². The second kappa shape index (κ2) is 5.00. The summed E-state index contributed by atoms with van der Waals surface area (Å²) in [4.78, 5) is 1.51. The molecule has 0 aliphatic rings. The molecule has 2 nitrogen and oxygen atoms in total. The van der Waals surface area contributed by atoms with Crippen molar-refractivity contribution in [3.05, 3.63) is 0 Å². The van der Waals surface area contributed by atoms with Crippen molar-refractivity contribution < 1.29 is 9.50 Å². The van der Waals surface area contributed by atoms with Crippen LogP contribution in [0.3, 0.4) is 0 Å². The molecule has 0 radical (unpaired) electrons. The minimum atomic E-state index is -0.461. The Balaban J connectivity index is 3.07. The summed E-state index contributed by atoms with van der Waals surface area (Å²) in [6.07, 6.45) is 0. The molecule has 0 aromatic carbocycles. The summed E-state index contributed by atoms with van der Waals surface area (Å²) in [6, 6.07) is 0. The quantitative estimate of drug-likeness (QED) is 0.538. The van der Waals surface area contributed by atoms with Gasteiger partial charge in [0.25, 0.3) is 0 Å². The number of aliphatic hydroxyl groups is 1. The van der Waals surface area contributed by atoms with Crippen molar-refractivity contribution in [3.8, 4) is 0 Å². The van der Waals surface area contributed by atoms with Crippen LogP contribution in [-0.2, 0) is 0 Å². The van der Waals surface area contributed by atoms with Gasteiger partial charge >= 0.3 is 0 Å². The lowest BCUT2D eigenvalue weighted by Crippen LogP contribution is -2.25. The van der Waals surface area contributed by atoms with Crippen LogP contribution in [0, 0.1) is 0 Å². The largest absolute Gasteiger partial charge is 0.395 e. The molecule has 50 valence electrons. The molecule has 0 heterocycles. The van der Waals surface area contributed by atoms with Crippen LogP contribution in [-0.4, -0.2) is 36.5 Å². The highest BCUT2D eigenvalue weighted by atomic mass is 19.1. The molecule has 0 atom stereocenters. The molecule has 1 N–H and O–H groups in total. The minimum Gasteiger partial charge on any atom is -0.395 e. The number of halogens is 1. The van der Waals surface area contributed by atoms with E-state index in [9.17, 15) is 4.39 Å². The Bertz CT molecular complexity index is 47.7. The van der Waals surface area contributed by atoms with Gasteiger partial charge in [0, 0.05) is 6.54 Å². The van der Waals surface area contributed by atoms with E-state index in [0.29, 0.717) is 13.1 Å². The average Bonchev–Trinajstić information content (AvgIpc) is 1.83. The normalized spacial score (nSPS) is 10.5. The second-order valence-corrected chi connectivity index (χ2v) is 1.55. The van der Waals surface area contributed by atoms with Crippen molar-refractivity contribution in [2.24, 2.45) is 0 Å². The summed E-state index contributed by atoms with van der Waals surface area (Å²) in [5.41, 5.74) is 0. The molecule has 8 heavy (non-hydrogen) atoms. The fourth-order valence-corrected chi connectivity index (χ4v) is 0.444. The predicted molar refractivity (Wildman–Crippen MR) is 30.3 cm³/mol. The molecule has 0 amide bonds. The van der Waals surface area contributed by atoms with E-state index < -0.39 is 6.80 Å². The van der Waals surface area contributed by atoms with Crippen LogP contribution < -0.4 is 0 Å². The van der Waals surface area contributed by atoms with E-state index in [-0.39, 0.29) is 6.61 Å². The van der Waals surface area contributed by atoms with Crippen molar-refractivity contribution in [1.82, 2.24) is 4.90 Å². The number of hydrogen-bond donors (Lipinski definition) is 1. The van der Waals surface area contributed by atoms with E-state index in [2.05, 4.69) is 0 Å². The summed E-state index contributed by atoms with van der Waals surface area (Å²) in [6.45, 7) is 2.54. The molecule has 0 saturated heterocycles. The van der Waals surface area contributed by atoms with E-state index in [0.717, 1.165) is 0 Å². The van der Waals surface area contributed by atoms with Gasteiger partial charge in [0.1, 0.15) is 6.80 Å². The Kier molecular flexibility index (Phi) is 4.90. The van der Waals surface area contributed by atoms with Gasteiger partial charge in [0.2, 0.25) is 0 Å². The smallest absolute Gasteiger partial charge is 0.143 e. The molecule has 0 rings (SSSR count).